The third kappa shape index (κ3) is 5.01. The minimum absolute atomic E-state index is 0.232. The quantitative estimate of drug-likeness (QED) is 0.728. The van der Waals surface area contributed by atoms with Gasteiger partial charge in [-0.1, -0.05) is 25.1 Å². The molecule has 6 nitrogen and oxygen atoms in total. The van der Waals surface area contributed by atoms with Crippen molar-refractivity contribution in [2.45, 2.75) is 32.4 Å². The Morgan fingerprint density at radius 1 is 1.18 bits per heavy atom. The summed E-state index contributed by atoms with van der Waals surface area (Å²) in [5.41, 5.74) is 1.01. The highest BCUT2D eigenvalue weighted by molar-refractivity contribution is 7.92. The van der Waals surface area contributed by atoms with E-state index < -0.39 is 33.8 Å². The van der Waals surface area contributed by atoms with Gasteiger partial charge >= 0.3 is 0 Å². The van der Waals surface area contributed by atoms with Crippen LogP contribution in [0.5, 0.6) is 5.75 Å². The average molecular weight is 408 g/mol. The Hall–Kier alpha value is -2.61. The number of amides is 1. The van der Waals surface area contributed by atoms with Crippen molar-refractivity contribution in [3.05, 3.63) is 59.9 Å². The summed E-state index contributed by atoms with van der Waals surface area (Å²) in [6.45, 7) is 3.52. The van der Waals surface area contributed by atoms with Gasteiger partial charge in [0, 0.05) is 5.56 Å². The van der Waals surface area contributed by atoms with Crippen LogP contribution in [0.2, 0.25) is 0 Å². The second kappa shape index (κ2) is 9.05. The van der Waals surface area contributed by atoms with Gasteiger partial charge in [-0.05, 0) is 43.7 Å². The lowest BCUT2D eigenvalue weighted by Gasteiger charge is -2.31. The van der Waals surface area contributed by atoms with Crippen LogP contribution in [0, 0.1) is 5.82 Å². The summed E-state index contributed by atoms with van der Waals surface area (Å²) in [5.74, 6) is -0.308. The van der Waals surface area contributed by atoms with Crippen LogP contribution in [-0.4, -0.2) is 33.7 Å². The topological polar surface area (TPSA) is 75.7 Å². The summed E-state index contributed by atoms with van der Waals surface area (Å²) in [4.78, 5) is 13.0. The number of rotatable bonds is 8. The average Bonchev–Trinajstić information content (AvgIpc) is 2.65. The highest BCUT2D eigenvalue weighted by Crippen LogP contribution is 2.26. The molecule has 0 fully saturated rings. The van der Waals surface area contributed by atoms with E-state index in [2.05, 4.69) is 5.32 Å². The second-order valence-corrected chi connectivity index (χ2v) is 8.29. The fraction of sp³-hybridized carbons (Fsp3) is 0.350. The van der Waals surface area contributed by atoms with Crippen molar-refractivity contribution >= 4 is 21.6 Å². The lowest BCUT2D eigenvalue weighted by molar-refractivity contribution is -0.122. The highest BCUT2D eigenvalue weighted by Gasteiger charge is 2.32. The molecule has 2 aromatic rings. The number of carbonyl (C=O) groups excluding carboxylic acids is 1. The van der Waals surface area contributed by atoms with Crippen LogP contribution in [0.1, 0.15) is 31.9 Å². The molecule has 2 atom stereocenters. The molecular weight excluding hydrogens is 383 g/mol. The number of anilines is 1. The summed E-state index contributed by atoms with van der Waals surface area (Å²) in [7, 11) is -2.23. The molecule has 0 spiro atoms. The molecule has 0 aliphatic rings. The molecule has 0 radical (unpaired) electrons. The van der Waals surface area contributed by atoms with Crippen LogP contribution in [-0.2, 0) is 14.8 Å². The first-order valence-electron chi connectivity index (χ1n) is 8.87. The maximum absolute atomic E-state index is 13.3. The summed E-state index contributed by atoms with van der Waals surface area (Å²) < 4.78 is 44.4. The summed E-state index contributed by atoms with van der Waals surface area (Å²) in [6.07, 6.45) is 1.27. The van der Waals surface area contributed by atoms with E-state index in [-0.39, 0.29) is 12.1 Å². The van der Waals surface area contributed by atoms with Gasteiger partial charge in [0.1, 0.15) is 17.6 Å². The van der Waals surface area contributed by atoms with Crippen molar-refractivity contribution in [2.75, 3.05) is 17.7 Å². The maximum atomic E-state index is 13.3. The third-order valence-electron chi connectivity index (χ3n) is 4.38. The molecule has 2 rings (SSSR count). The van der Waals surface area contributed by atoms with Crippen molar-refractivity contribution in [2.24, 2.45) is 0 Å². The molecule has 0 aliphatic carbocycles. The number of methoxy groups -OCH3 is 1. The van der Waals surface area contributed by atoms with E-state index in [0.29, 0.717) is 5.75 Å². The van der Waals surface area contributed by atoms with Gasteiger partial charge in [-0.15, -0.1) is 0 Å². The number of hydrogen-bond acceptors (Lipinski definition) is 4. The van der Waals surface area contributed by atoms with E-state index in [1.54, 1.807) is 27.0 Å². The maximum Gasteiger partial charge on any atom is 0.244 e. The molecule has 0 aromatic heterocycles. The molecular formula is C20H25FN2O4S. The van der Waals surface area contributed by atoms with E-state index in [4.69, 9.17) is 4.74 Å². The van der Waals surface area contributed by atoms with Crippen LogP contribution >= 0.6 is 0 Å². The zero-order valence-corrected chi connectivity index (χ0v) is 17.2. The Kier molecular flexibility index (Phi) is 7.01. The number of benzene rings is 2. The lowest BCUT2D eigenvalue weighted by Crippen LogP contribution is -2.49. The van der Waals surface area contributed by atoms with Gasteiger partial charge in [-0.2, -0.15) is 0 Å². The molecule has 0 unspecified atom stereocenters. The summed E-state index contributed by atoms with van der Waals surface area (Å²) in [5, 5.41) is 2.86. The number of carbonyl (C=O) groups is 1. The van der Waals surface area contributed by atoms with Crippen molar-refractivity contribution in [1.82, 2.24) is 5.32 Å². The van der Waals surface area contributed by atoms with Gasteiger partial charge in [0.25, 0.3) is 0 Å². The number of halogens is 1. The molecule has 0 saturated carbocycles. The minimum atomic E-state index is -3.78. The second-order valence-electron chi connectivity index (χ2n) is 6.43. The van der Waals surface area contributed by atoms with Crippen molar-refractivity contribution in [3.63, 3.8) is 0 Å². The van der Waals surface area contributed by atoms with E-state index in [1.807, 2.05) is 18.2 Å². The van der Waals surface area contributed by atoms with E-state index in [9.17, 15) is 17.6 Å². The molecule has 0 aliphatic heterocycles. The van der Waals surface area contributed by atoms with E-state index >= 15 is 0 Å². The fourth-order valence-electron chi connectivity index (χ4n) is 3.06. The largest absolute Gasteiger partial charge is 0.496 e. The minimum Gasteiger partial charge on any atom is -0.496 e. The van der Waals surface area contributed by atoms with Gasteiger partial charge < -0.3 is 10.1 Å². The third-order valence-corrected chi connectivity index (χ3v) is 5.55. The number of nitrogens with zero attached hydrogens (tertiary/aromatic N) is 1. The number of ether oxygens (including phenoxy) is 1. The SMILES string of the molecule is CC[C@@H](C(=O)N[C@H](C)c1ccccc1OC)N(c1ccc(F)cc1)S(C)(=O)=O. The molecule has 1 amide bonds. The predicted octanol–water partition coefficient (Wildman–Crippen LogP) is 3.26. The highest BCUT2D eigenvalue weighted by atomic mass is 32.2. The van der Waals surface area contributed by atoms with Gasteiger partial charge in [0.2, 0.25) is 15.9 Å². The van der Waals surface area contributed by atoms with Crippen LogP contribution in [0.3, 0.4) is 0 Å². The molecule has 0 saturated heterocycles. The summed E-state index contributed by atoms with van der Waals surface area (Å²) in [6, 6.07) is 10.9. The summed E-state index contributed by atoms with van der Waals surface area (Å²) >= 11 is 0. The van der Waals surface area contributed by atoms with Crippen LogP contribution in [0.4, 0.5) is 10.1 Å². The van der Waals surface area contributed by atoms with Crippen LogP contribution in [0.25, 0.3) is 0 Å². The smallest absolute Gasteiger partial charge is 0.244 e. The molecule has 152 valence electrons. The molecule has 2 aromatic carbocycles. The molecule has 0 bridgehead atoms. The van der Waals surface area contributed by atoms with Crippen LogP contribution < -0.4 is 14.4 Å². The van der Waals surface area contributed by atoms with Gasteiger partial charge in [-0.25, -0.2) is 12.8 Å². The van der Waals surface area contributed by atoms with E-state index in [1.165, 1.54) is 12.1 Å². The number of nitrogens with one attached hydrogen (secondary N) is 1. The fourth-order valence-corrected chi connectivity index (χ4v) is 4.27. The monoisotopic (exact) mass is 408 g/mol. The normalized spacial score (nSPS) is 13.5. The standard InChI is InChI=1S/C20H25FN2O4S/c1-5-18(23(28(4,25)26)16-12-10-15(21)11-13-16)20(24)22-14(2)17-8-6-7-9-19(17)27-3/h6-14,18H,5H2,1-4H3,(H,22,24)/t14-,18+/m1/s1. The Balaban J connectivity index is 2.32. The Labute approximate surface area is 165 Å². The van der Waals surface area contributed by atoms with Gasteiger partial charge in [0.15, 0.2) is 0 Å². The zero-order valence-electron chi connectivity index (χ0n) is 16.3. The van der Waals surface area contributed by atoms with Crippen molar-refractivity contribution in [1.29, 1.82) is 0 Å². The Morgan fingerprint density at radius 3 is 2.32 bits per heavy atom. The van der Waals surface area contributed by atoms with Gasteiger partial charge in [0.05, 0.1) is 25.1 Å². The molecule has 1 N–H and O–H groups in total. The number of sulfonamides is 1. The molecule has 8 heteroatoms. The first-order chi connectivity index (χ1) is 13.2. The predicted molar refractivity (Wildman–Crippen MR) is 107 cm³/mol. The van der Waals surface area contributed by atoms with Crippen LogP contribution in [0.15, 0.2) is 48.5 Å². The molecule has 28 heavy (non-hydrogen) atoms. The van der Waals surface area contributed by atoms with Crippen molar-refractivity contribution < 1.29 is 22.3 Å². The first-order valence-corrected chi connectivity index (χ1v) is 10.7. The zero-order chi connectivity index (χ0) is 20.9. The Morgan fingerprint density at radius 2 is 1.79 bits per heavy atom. The Bertz CT molecular complexity index is 916. The first kappa shape index (κ1) is 21.7. The lowest BCUT2D eigenvalue weighted by atomic mass is 10.1. The number of para-hydroxylation sites is 1. The molecule has 0 heterocycles. The van der Waals surface area contributed by atoms with Crippen molar-refractivity contribution in [3.8, 4) is 5.75 Å². The van der Waals surface area contributed by atoms with Gasteiger partial charge in [-0.3, -0.25) is 9.10 Å². The number of hydrogen-bond donors (Lipinski definition) is 1. The van der Waals surface area contributed by atoms with E-state index in [0.717, 1.165) is 28.3 Å².